The summed E-state index contributed by atoms with van der Waals surface area (Å²) in [6.07, 6.45) is 0.445. The lowest BCUT2D eigenvalue weighted by Crippen LogP contribution is -2.38. The fourth-order valence-corrected chi connectivity index (χ4v) is 2.77. The monoisotopic (exact) mass is 295 g/mol. The number of hydrogen-bond donors (Lipinski definition) is 1. The summed E-state index contributed by atoms with van der Waals surface area (Å²) in [6, 6.07) is 3.66. The zero-order valence-corrected chi connectivity index (χ0v) is 12.0. The number of carbonyl (C=O) groups is 2. The van der Waals surface area contributed by atoms with E-state index in [0.29, 0.717) is 24.3 Å². The normalized spacial score (nSPS) is 21.4. The number of benzene rings is 1. The average Bonchev–Trinajstić information content (AvgIpc) is 2.81. The molecule has 0 bridgehead atoms. The highest BCUT2D eigenvalue weighted by Crippen LogP contribution is 2.27. The van der Waals surface area contributed by atoms with Crippen LogP contribution in [0.2, 0.25) is 0 Å². The molecule has 0 aliphatic carbocycles. The van der Waals surface area contributed by atoms with Crippen molar-refractivity contribution in [2.24, 2.45) is 5.92 Å². The minimum absolute atomic E-state index is 0.00237. The van der Waals surface area contributed by atoms with Gasteiger partial charge in [0.25, 0.3) is 0 Å². The molecule has 1 heterocycles. The first kappa shape index (κ1) is 15.3. The molecule has 1 amide bonds. The van der Waals surface area contributed by atoms with Crippen molar-refractivity contribution in [3.05, 3.63) is 29.6 Å². The van der Waals surface area contributed by atoms with E-state index in [2.05, 4.69) is 0 Å². The summed E-state index contributed by atoms with van der Waals surface area (Å²) in [5.41, 5.74) is 0.466. The van der Waals surface area contributed by atoms with E-state index in [4.69, 9.17) is 9.84 Å². The molecule has 5 nitrogen and oxygen atoms in total. The number of methoxy groups -OCH3 is 1. The molecule has 21 heavy (non-hydrogen) atoms. The van der Waals surface area contributed by atoms with Gasteiger partial charge in [-0.05, 0) is 31.5 Å². The number of nitrogens with zero attached hydrogens (tertiary/aromatic N) is 1. The number of halogens is 1. The highest BCUT2D eigenvalue weighted by Gasteiger charge is 2.38. The predicted octanol–water partition coefficient (Wildman–Crippen LogP) is 1.70. The van der Waals surface area contributed by atoms with Crippen LogP contribution in [0.25, 0.3) is 0 Å². The van der Waals surface area contributed by atoms with Crippen LogP contribution in [0.3, 0.4) is 0 Å². The van der Waals surface area contributed by atoms with Crippen molar-refractivity contribution in [1.29, 1.82) is 0 Å². The first-order chi connectivity index (χ1) is 9.93. The topological polar surface area (TPSA) is 66.8 Å². The third kappa shape index (κ3) is 3.15. The lowest BCUT2D eigenvalue weighted by molar-refractivity contribution is -0.143. The molecule has 2 unspecified atom stereocenters. The van der Waals surface area contributed by atoms with E-state index in [1.807, 2.05) is 0 Å². The molecule has 2 rings (SSSR count). The first-order valence-corrected chi connectivity index (χ1v) is 6.78. The maximum atomic E-state index is 13.3. The van der Waals surface area contributed by atoms with Crippen molar-refractivity contribution < 1.29 is 23.8 Å². The molecule has 0 spiro atoms. The number of hydrogen-bond acceptors (Lipinski definition) is 3. The molecular formula is C15H18FNO4. The van der Waals surface area contributed by atoms with Gasteiger partial charge < -0.3 is 14.7 Å². The smallest absolute Gasteiger partial charge is 0.308 e. The van der Waals surface area contributed by atoms with Gasteiger partial charge in [-0.15, -0.1) is 0 Å². The molecule has 1 aromatic carbocycles. The number of carboxylic acid groups (broad SMARTS) is 1. The van der Waals surface area contributed by atoms with Crippen LogP contribution >= 0.6 is 0 Å². The second kappa shape index (κ2) is 6.11. The Morgan fingerprint density at radius 1 is 1.48 bits per heavy atom. The van der Waals surface area contributed by atoms with Gasteiger partial charge >= 0.3 is 5.97 Å². The van der Waals surface area contributed by atoms with E-state index in [-0.39, 0.29) is 18.4 Å². The van der Waals surface area contributed by atoms with Gasteiger partial charge in [0.1, 0.15) is 11.6 Å². The molecule has 2 atom stereocenters. The Kier molecular flexibility index (Phi) is 4.45. The molecule has 0 aromatic heterocycles. The van der Waals surface area contributed by atoms with Crippen LogP contribution in [-0.4, -0.2) is 41.6 Å². The average molecular weight is 295 g/mol. The van der Waals surface area contributed by atoms with Crippen molar-refractivity contribution in [3.63, 3.8) is 0 Å². The van der Waals surface area contributed by atoms with E-state index < -0.39 is 17.7 Å². The summed E-state index contributed by atoms with van der Waals surface area (Å²) in [4.78, 5) is 24.9. The summed E-state index contributed by atoms with van der Waals surface area (Å²) < 4.78 is 18.4. The third-order valence-electron chi connectivity index (χ3n) is 3.98. The molecule has 1 saturated heterocycles. The Bertz CT molecular complexity index is 561. The van der Waals surface area contributed by atoms with Crippen LogP contribution in [0.1, 0.15) is 18.9 Å². The van der Waals surface area contributed by atoms with Crippen molar-refractivity contribution in [1.82, 2.24) is 4.90 Å². The molecule has 1 fully saturated rings. The number of carboxylic acids is 1. The molecule has 1 N–H and O–H groups in total. The molecule has 114 valence electrons. The van der Waals surface area contributed by atoms with Gasteiger partial charge in [0.15, 0.2) is 0 Å². The minimum atomic E-state index is -0.888. The molecule has 1 aliphatic rings. The zero-order chi connectivity index (χ0) is 15.6. The SMILES string of the molecule is COc1ccc(F)cc1CC(=O)N1CCC(C(=O)O)C1C. The Morgan fingerprint density at radius 2 is 2.19 bits per heavy atom. The van der Waals surface area contributed by atoms with Gasteiger partial charge in [-0.3, -0.25) is 9.59 Å². The van der Waals surface area contributed by atoms with Crippen LogP contribution in [0.15, 0.2) is 18.2 Å². The Hall–Kier alpha value is -2.11. The van der Waals surface area contributed by atoms with Crippen LogP contribution < -0.4 is 4.74 Å². The van der Waals surface area contributed by atoms with E-state index in [9.17, 15) is 14.0 Å². The summed E-state index contributed by atoms with van der Waals surface area (Å²) >= 11 is 0. The van der Waals surface area contributed by atoms with Crippen LogP contribution in [0, 0.1) is 11.7 Å². The number of amides is 1. The fourth-order valence-electron chi connectivity index (χ4n) is 2.77. The minimum Gasteiger partial charge on any atom is -0.496 e. The van der Waals surface area contributed by atoms with E-state index in [1.165, 1.54) is 25.3 Å². The maximum absolute atomic E-state index is 13.3. The third-order valence-corrected chi connectivity index (χ3v) is 3.98. The van der Waals surface area contributed by atoms with Crippen molar-refractivity contribution in [2.75, 3.05) is 13.7 Å². The standard InChI is InChI=1S/C15H18FNO4/c1-9-12(15(19)20)5-6-17(9)14(18)8-10-7-11(16)3-4-13(10)21-2/h3-4,7,9,12H,5-6,8H2,1-2H3,(H,19,20). The fraction of sp³-hybridized carbons (Fsp3) is 0.467. The van der Waals surface area contributed by atoms with Gasteiger partial charge in [0.2, 0.25) is 5.91 Å². The van der Waals surface area contributed by atoms with E-state index in [0.717, 1.165) is 0 Å². The van der Waals surface area contributed by atoms with E-state index >= 15 is 0 Å². The van der Waals surface area contributed by atoms with Crippen molar-refractivity contribution in [3.8, 4) is 5.75 Å². The lowest BCUT2D eigenvalue weighted by Gasteiger charge is -2.23. The summed E-state index contributed by atoms with van der Waals surface area (Å²) in [6.45, 7) is 2.14. The second-order valence-corrected chi connectivity index (χ2v) is 5.19. The molecule has 0 saturated carbocycles. The first-order valence-electron chi connectivity index (χ1n) is 6.78. The highest BCUT2D eigenvalue weighted by molar-refractivity contribution is 5.82. The molecule has 1 aromatic rings. The second-order valence-electron chi connectivity index (χ2n) is 5.19. The zero-order valence-electron chi connectivity index (χ0n) is 12.0. The summed E-state index contributed by atoms with van der Waals surface area (Å²) in [5.74, 6) is -1.62. The quantitative estimate of drug-likeness (QED) is 0.918. The number of aliphatic carboxylic acids is 1. The largest absolute Gasteiger partial charge is 0.496 e. The van der Waals surface area contributed by atoms with Gasteiger partial charge in [-0.2, -0.15) is 0 Å². The Balaban J connectivity index is 2.12. The molecule has 0 radical (unpaired) electrons. The number of likely N-dealkylation sites (tertiary alicyclic amines) is 1. The molecule has 6 heteroatoms. The maximum Gasteiger partial charge on any atom is 0.308 e. The Labute approximate surface area is 122 Å². The molecule has 1 aliphatic heterocycles. The van der Waals surface area contributed by atoms with Gasteiger partial charge in [0, 0.05) is 18.2 Å². The number of carbonyl (C=O) groups excluding carboxylic acids is 1. The summed E-state index contributed by atoms with van der Waals surface area (Å²) in [7, 11) is 1.46. The highest BCUT2D eigenvalue weighted by atomic mass is 19.1. The van der Waals surface area contributed by atoms with Crippen LogP contribution in [0.5, 0.6) is 5.75 Å². The van der Waals surface area contributed by atoms with Gasteiger partial charge in [-0.25, -0.2) is 4.39 Å². The van der Waals surface area contributed by atoms with Crippen molar-refractivity contribution >= 4 is 11.9 Å². The predicted molar refractivity (Wildman–Crippen MR) is 73.6 cm³/mol. The molecular weight excluding hydrogens is 277 g/mol. The summed E-state index contributed by atoms with van der Waals surface area (Å²) in [5, 5.41) is 9.08. The van der Waals surface area contributed by atoms with Crippen LogP contribution in [-0.2, 0) is 16.0 Å². The van der Waals surface area contributed by atoms with Crippen molar-refractivity contribution in [2.45, 2.75) is 25.8 Å². The van der Waals surface area contributed by atoms with E-state index in [1.54, 1.807) is 11.8 Å². The van der Waals surface area contributed by atoms with Gasteiger partial charge in [-0.1, -0.05) is 0 Å². The lowest BCUT2D eigenvalue weighted by atomic mass is 10.0. The number of rotatable bonds is 4. The Morgan fingerprint density at radius 3 is 2.76 bits per heavy atom. The van der Waals surface area contributed by atoms with Gasteiger partial charge in [0.05, 0.1) is 19.4 Å². The number of ether oxygens (including phenoxy) is 1. The van der Waals surface area contributed by atoms with Crippen LogP contribution in [0.4, 0.5) is 4.39 Å².